The van der Waals surface area contributed by atoms with Crippen molar-refractivity contribution in [1.82, 2.24) is 4.57 Å². The second kappa shape index (κ2) is 5.90. The molecule has 106 valence electrons. The van der Waals surface area contributed by atoms with E-state index in [0.717, 1.165) is 22.2 Å². The summed E-state index contributed by atoms with van der Waals surface area (Å²) in [4.78, 5) is 4.01. The molecule has 4 heteroatoms. The third kappa shape index (κ3) is 2.90. The van der Waals surface area contributed by atoms with Crippen LogP contribution in [0.5, 0.6) is 0 Å². The van der Waals surface area contributed by atoms with Crippen LogP contribution in [-0.4, -0.2) is 10.9 Å². The van der Waals surface area contributed by atoms with Crippen LogP contribution in [0, 0.1) is 5.82 Å². The molecule has 1 aromatic heterocycles. The van der Waals surface area contributed by atoms with Gasteiger partial charge >= 0.3 is 0 Å². The fourth-order valence-corrected chi connectivity index (χ4v) is 2.32. The molecule has 0 radical (unpaired) electrons. The first-order valence-electron chi connectivity index (χ1n) is 6.73. The van der Waals surface area contributed by atoms with Crippen LogP contribution in [0.25, 0.3) is 10.9 Å². The Morgan fingerprint density at radius 1 is 1.45 bits per heavy atom. The van der Waals surface area contributed by atoms with Crippen molar-refractivity contribution in [2.75, 3.05) is 0 Å². The predicted molar refractivity (Wildman–Crippen MR) is 82.4 cm³/mol. The lowest BCUT2D eigenvalue weighted by molar-refractivity contribution is 0.618. The average molecular weight is 273 g/mol. The van der Waals surface area contributed by atoms with Crippen molar-refractivity contribution in [2.45, 2.75) is 33.2 Å². The Labute approximate surface area is 118 Å². The van der Waals surface area contributed by atoms with E-state index in [-0.39, 0.29) is 5.82 Å². The fourth-order valence-electron chi connectivity index (χ4n) is 2.32. The van der Waals surface area contributed by atoms with Crippen molar-refractivity contribution in [3.63, 3.8) is 0 Å². The number of nitrogens with zero attached hydrogens (tertiary/aromatic N) is 2. The SMILES string of the molecule is C/C(=C/Cc1cn(C(C)C)c2ccc(F)cc12)N=CN. The smallest absolute Gasteiger partial charge is 0.123 e. The first-order chi connectivity index (χ1) is 9.52. The van der Waals surface area contributed by atoms with E-state index >= 15 is 0 Å². The number of benzene rings is 1. The molecule has 2 N–H and O–H groups in total. The van der Waals surface area contributed by atoms with E-state index in [2.05, 4.69) is 29.6 Å². The van der Waals surface area contributed by atoms with Crippen molar-refractivity contribution >= 4 is 17.2 Å². The van der Waals surface area contributed by atoms with Gasteiger partial charge in [0, 0.05) is 28.8 Å². The van der Waals surface area contributed by atoms with E-state index in [1.807, 2.05) is 19.1 Å². The molecule has 3 nitrogen and oxygen atoms in total. The van der Waals surface area contributed by atoms with Gasteiger partial charge < -0.3 is 10.3 Å². The zero-order chi connectivity index (χ0) is 14.7. The first kappa shape index (κ1) is 14.3. The minimum absolute atomic E-state index is 0.207. The van der Waals surface area contributed by atoms with Crippen LogP contribution in [0.3, 0.4) is 0 Å². The van der Waals surface area contributed by atoms with Crippen molar-refractivity contribution in [3.05, 3.63) is 47.5 Å². The van der Waals surface area contributed by atoms with Gasteiger partial charge in [0.2, 0.25) is 0 Å². The molecule has 1 aromatic carbocycles. The fraction of sp³-hybridized carbons (Fsp3) is 0.312. The molecule has 0 fully saturated rings. The molecule has 0 aliphatic rings. The number of hydrogen-bond donors (Lipinski definition) is 1. The molecule has 0 amide bonds. The first-order valence-corrected chi connectivity index (χ1v) is 6.73. The molecular formula is C16H20FN3. The highest BCUT2D eigenvalue weighted by atomic mass is 19.1. The van der Waals surface area contributed by atoms with Crippen LogP contribution in [-0.2, 0) is 6.42 Å². The van der Waals surface area contributed by atoms with E-state index in [1.54, 1.807) is 6.07 Å². The second-order valence-electron chi connectivity index (χ2n) is 5.14. The molecule has 2 aromatic rings. The Kier molecular flexibility index (Phi) is 4.23. The Hall–Kier alpha value is -2.10. The van der Waals surface area contributed by atoms with Gasteiger partial charge in [-0.2, -0.15) is 0 Å². The molecule has 0 saturated heterocycles. The third-order valence-electron chi connectivity index (χ3n) is 3.33. The lowest BCUT2D eigenvalue weighted by Gasteiger charge is -2.08. The lowest BCUT2D eigenvalue weighted by Crippen LogP contribution is -1.97. The van der Waals surface area contributed by atoms with E-state index in [9.17, 15) is 4.39 Å². The lowest BCUT2D eigenvalue weighted by atomic mass is 10.1. The van der Waals surface area contributed by atoms with Gasteiger partial charge in [-0.1, -0.05) is 6.08 Å². The monoisotopic (exact) mass is 273 g/mol. The van der Waals surface area contributed by atoms with E-state index in [4.69, 9.17) is 5.73 Å². The van der Waals surface area contributed by atoms with Gasteiger partial charge in [-0.05, 0) is 51.0 Å². The molecule has 0 spiro atoms. The molecule has 0 aliphatic carbocycles. The minimum atomic E-state index is -0.207. The maximum Gasteiger partial charge on any atom is 0.123 e. The zero-order valence-electron chi connectivity index (χ0n) is 12.1. The quantitative estimate of drug-likeness (QED) is 0.668. The summed E-state index contributed by atoms with van der Waals surface area (Å²) in [7, 11) is 0. The number of allylic oxidation sites excluding steroid dienone is 2. The number of aliphatic imine (C=N–C) groups is 1. The van der Waals surface area contributed by atoms with Gasteiger partial charge in [-0.15, -0.1) is 0 Å². The summed E-state index contributed by atoms with van der Waals surface area (Å²) in [5.41, 5.74) is 8.28. The second-order valence-corrected chi connectivity index (χ2v) is 5.14. The van der Waals surface area contributed by atoms with Gasteiger partial charge in [0.25, 0.3) is 0 Å². The van der Waals surface area contributed by atoms with E-state index < -0.39 is 0 Å². The number of halogens is 1. The van der Waals surface area contributed by atoms with Crippen LogP contribution >= 0.6 is 0 Å². The van der Waals surface area contributed by atoms with Crippen molar-refractivity contribution in [2.24, 2.45) is 10.7 Å². The van der Waals surface area contributed by atoms with Crippen LogP contribution in [0.1, 0.15) is 32.4 Å². The highest BCUT2D eigenvalue weighted by Crippen LogP contribution is 2.26. The summed E-state index contributed by atoms with van der Waals surface area (Å²) in [5, 5.41) is 0.958. The zero-order valence-corrected chi connectivity index (χ0v) is 12.1. The third-order valence-corrected chi connectivity index (χ3v) is 3.33. The van der Waals surface area contributed by atoms with Crippen molar-refractivity contribution in [3.8, 4) is 0 Å². The summed E-state index contributed by atoms with van der Waals surface area (Å²) in [6, 6.07) is 5.27. The molecule has 20 heavy (non-hydrogen) atoms. The summed E-state index contributed by atoms with van der Waals surface area (Å²) < 4.78 is 15.6. The summed E-state index contributed by atoms with van der Waals surface area (Å²) in [6.07, 6.45) is 6.07. The van der Waals surface area contributed by atoms with Crippen molar-refractivity contribution < 1.29 is 4.39 Å². The predicted octanol–water partition coefficient (Wildman–Crippen LogP) is 3.79. The maximum atomic E-state index is 13.5. The highest BCUT2D eigenvalue weighted by molar-refractivity contribution is 5.84. The van der Waals surface area contributed by atoms with Gasteiger partial charge in [0.1, 0.15) is 5.82 Å². The average Bonchev–Trinajstić information content (AvgIpc) is 2.75. The van der Waals surface area contributed by atoms with Crippen LogP contribution in [0.4, 0.5) is 4.39 Å². The van der Waals surface area contributed by atoms with Crippen LogP contribution < -0.4 is 5.73 Å². The Bertz CT molecular complexity index is 666. The van der Waals surface area contributed by atoms with E-state index in [0.29, 0.717) is 12.5 Å². The Morgan fingerprint density at radius 2 is 2.20 bits per heavy atom. The molecule has 0 unspecified atom stereocenters. The highest BCUT2D eigenvalue weighted by Gasteiger charge is 2.10. The number of aromatic nitrogens is 1. The minimum Gasteiger partial charge on any atom is -0.390 e. The Balaban J connectivity index is 2.47. The molecule has 1 heterocycles. The van der Waals surface area contributed by atoms with E-state index in [1.165, 1.54) is 12.4 Å². The Morgan fingerprint density at radius 3 is 2.85 bits per heavy atom. The topological polar surface area (TPSA) is 43.3 Å². The molecule has 0 atom stereocenters. The largest absolute Gasteiger partial charge is 0.390 e. The van der Waals surface area contributed by atoms with Gasteiger partial charge in [-0.25, -0.2) is 9.38 Å². The maximum absolute atomic E-state index is 13.5. The molecule has 0 bridgehead atoms. The van der Waals surface area contributed by atoms with Crippen LogP contribution in [0.2, 0.25) is 0 Å². The van der Waals surface area contributed by atoms with Gasteiger partial charge in [0.15, 0.2) is 0 Å². The number of hydrogen-bond acceptors (Lipinski definition) is 1. The number of fused-ring (bicyclic) bond motifs is 1. The molecular weight excluding hydrogens is 253 g/mol. The summed E-state index contributed by atoms with van der Waals surface area (Å²) in [6.45, 7) is 6.13. The number of rotatable bonds is 4. The molecule has 0 aliphatic heterocycles. The van der Waals surface area contributed by atoms with Gasteiger partial charge in [0.05, 0.1) is 6.34 Å². The molecule has 0 saturated carbocycles. The standard InChI is InChI=1S/C16H20FN3/c1-11(2)20-9-13(5-4-12(3)19-10-18)15-8-14(17)6-7-16(15)20/h4,6-11H,5H2,1-3H3,(H2,18,19)/b12-4-. The summed E-state index contributed by atoms with van der Waals surface area (Å²) >= 11 is 0. The van der Waals surface area contributed by atoms with Gasteiger partial charge in [-0.3, -0.25) is 0 Å². The normalized spacial score (nSPS) is 12.9. The summed E-state index contributed by atoms with van der Waals surface area (Å²) in [5.74, 6) is -0.207. The molecule has 2 rings (SSSR count). The van der Waals surface area contributed by atoms with Crippen molar-refractivity contribution in [1.29, 1.82) is 0 Å². The van der Waals surface area contributed by atoms with Crippen LogP contribution in [0.15, 0.2) is 41.2 Å². The number of nitrogens with two attached hydrogens (primary N) is 1.